The van der Waals surface area contributed by atoms with Gasteiger partial charge in [0.2, 0.25) is 0 Å². The van der Waals surface area contributed by atoms with Gasteiger partial charge in [0.25, 0.3) is 0 Å². The molecule has 1 aliphatic rings. The first-order chi connectivity index (χ1) is 9.02. The first-order valence-corrected chi connectivity index (χ1v) is 9.31. The first-order valence-electron chi connectivity index (χ1n) is 6.69. The maximum absolute atomic E-state index is 11.6. The van der Waals surface area contributed by atoms with Gasteiger partial charge in [-0.15, -0.1) is 0 Å². The summed E-state index contributed by atoms with van der Waals surface area (Å²) >= 11 is 3.56. The van der Waals surface area contributed by atoms with Crippen molar-refractivity contribution in [3.05, 3.63) is 34.3 Å². The van der Waals surface area contributed by atoms with E-state index in [-0.39, 0.29) is 6.04 Å². The van der Waals surface area contributed by atoms with E-state index >= 15 is 0 Å². The van der Waals surface area contributed by atoms with Crippen molar-refractivity contribution in [3.8, 4) is 0 Å². The van der Waals surface area contributed by atoms with E-state index < -0.39 is 9.84 Å². The molecule has 1 aliphatic heterocycles. The van der Waals surface area contributed by atoms with Crippen molar-refractivity contribution in [2.75, 3.05) is 18.1 Å². The third kappa shape index (κ3) is 4.04. The molecule has 1 atom stereocenters. The molecule has 0 unspecified atom stereocenters. The molecule has 1 aromatic rings. The van der Waals surface area contributed by atoms with Crippen LogP contribution in [0.2, 0.25) is 0 Å². The highest BCUT2D eigenvalue weighted by atomic mass is 79.9. The molecule has 2 rings (SSSR count). The van der Waals surface area contributed by atoms with Gasteiger partial charge in [-0.05, 0) is 31.0 Å². The fraction of sp³-hybridized carbons (Fsp3) is 0.571. The van der Waals surface area contributed by atoms with Crippen LogP contribution in [0.1, 0.15) is 25.3 Å². The molecule has 0 aromatic heterocycles. The average molecular weight is 346 g/mol. The Kier molecular flexibility index (Phi) is 5.03. The predicted molar refractivity (Wildman–Crippen MR) is 81.9 cm³/mol. The summed E-state index contributed by atoms with van der Waals surface area (Å²) in [6, 6.07) is 8.33. The molecule has 0 N–H and O–H groups in total. The van der Waals surface area contributed by atoms with Gasteiger partial charge in [0.05, 0.1) is 11.5 Å². The Morgan fingerprint density at radius 1 is 1.37 bits per heavy atom. The Morgan fingerprint density at radius 2 is 2.11 bits per heavy atom. The standard InChI is InChI=1S/C14H20BrNO2S/c1-2-8-16(13-7-9-19(17,18)11-13)10-12-5-3-4-6-14(12)15/h3-6,13H,2,7-11H2,1H3/t13-/m1/s1. The number of hydrogen-bond donors (Lipinski definition) is 0. The van der Waals surface area contributed by atoms with Gasteiger partial charge < -0.3 is 0 Å². The van der Waals surface area contributed by atoms with Crippen LogP contribution in [-0.2, 0) is 16.4 Å². The van der Waals surface area contributed by atoms with Gasteiger partial charge in [0.15, 0.2) is 9.84 Å². The number of hydrogen-bond acceptors (Lipinski definition) is 3. The number of rotatable bonds is 5. The second kappa shape index (κ2) is 6.37. The molecule has 0 saturated carbocycles. The fourth-order valence-electron chi connectivity index (χ4n) is 2.59. The maximum atomic E-state index is 11.6. The molecule has 0 spiro atoms. The summed E-state index contributed by atoms with van der Waals surface area (Å²) in [4.78, 5) is 2.31. The highest BCUT2D eigenvalue weighted by Crippen LogP contribution is 2.23. The summed E-state index contributed by atoms with van der Waals surface area (Å²) < 4.78 is 24.4. The summed E-state index contributed by atoms with van der Waals surface area (Å²) in [5.41, 5.74) is 1.22. The van der Waals surface area contributed by atoms with Gasteiger partial charge in [-0.3, -0.25) is 4.90 Å². The van der Waals surface area contributed by atoms with Crippen LogP contribution in [0.4, 0.5) is 0 Å². The zero-order valence-corrected chi connectivity index (χ0v) is 13.6. The maximum Gasteiger partial charge on any atom is 0.151 e. The molecule has 1 heterocycles. The van der Waals surface area contributed by atoms with Crippen LogP contribution in [0.25, 0.3) is 0 Å². The van der Waals surface area contributed by atoms with Crippen LogP contribution in [0.5, 0.6) is 0 Å². The largest absolute Gasteiger partial charge is 0.295 e. The van der Waals surface area contributed by atoms with E-state index in [2.05, 4.69) is 33.8 Å². The molecule has 0 radical (unpaired) electrons. The molecule has 1 saturated heterocycles. The molecular weight excluding hydrogens is 326 g/mol. The lowest BCUT2D eigenvalue weighted by atomic mass is 10.1. The molecule has 0 aliphatic carbocycles. The smallest absolute Gasteiger partial charge is 0.151 e. The van der Waals surface area contributed by atoms with Crippen LogP contribution in [0, 0.1) is 0 Å². The monoisotopic (exact) mass is 345 g/mol. The highest BCUT2D eigenvalue weighted by molar-refractivity contribution is 9.10. The Balaban J connectivity index is 2.11. The number of nitrogens with zero attached hydrogens (tertiary/aromatic N) is 1. The van der Waals surface area contributed by atoms with E-state index in [1.54, 1.807) is 0 Å². The quantitative estimate of drug-likeness (QED) is 0.823. The lowest BCUT2D eigenvalue weighted by Crippen LogP contribution is -2.36. The van der Waals surface area contributed by atoms with Gasteiger partial charge in [-0.1, -0.05) is 41.1 Å². The SMILES string of the molecule is CCCN(Cc1ccccc1Br)[C@@H]1CCS(=O)(=O)C1. The van der Waals surface area contributed by atoms with E-state index in [9.17, 15) is 8.42 Å². The molecule has 0 amide bonds. The van der Waals surface area contributed by atoms with Crippen molar-refractivity contribution in [3.63, 3.8) is 0 Å². The second-order valence-electron chi connectivity index (χ2n) is 5.12. The lowest BCUT2D eigenvalue weighted by Gasteiger charge is -2.28. The van der Waals surface area contributed by atoms with Crippen molar-refractivity contribution in [1.29, 1.82) is 0 Å². The van der Waals surface area contributed by atoms with Crippen LogP contribution < -0.4 is 0 Å². The van der Waals surface area contributed by atoms with Crippen LogP contribution in [0.15, 0.2) is 28.7 Å². The summed E-state index contributed by atoms with van der Waals surface area (Å²) in [7, 11) is -2.81. The number of sulfone groups is 1. The molecule has 0 bridgehead atoms. The summed E-state index contributed by atoms with van der Waals surface area (Å²) in [6.45, 7) is 3.90. The summed E-state index contributed by atoms with van der Waals surface area (Å²) in [5.74, 6) is 0.658. The van der Waals surface area contributed by atoms with Gasteiger partial charge in [0, 0.05) is 17.1 Å². The Labute approximate surface area is 124 Å². The Bertz CT molecular complexity index is 530. The number of halogens is 1. The minimum Gasteiger partial charge on any atom is -0.295 e. The highest BCUT2D eigenvalue weighted by Gasteiger charge is 2.31. The number of benzene rings is 1. The molecule has 3 nitrogen and oxygen atoms in total. The Hall–Kier alpha value is -0.390. The average Bonchev–Trinajstić information content (AvgIpc) is 2.72. The molecule has 106 valence electrons. The van der Waals surface area contributed by atoms with Crippen molar-refractivity contribution in [2.24, 2.45) is 0 Å². The fourth-order valence-corrected chi connectivity index (χ4v) is 4.76. The van der Waals surface area contributed by atoms with E-state index in [1.165, 1.54) is 5.56 Å². The zero-order valence-electron chi connectivity index (χ0n) is 11.2. The third-order valence-corrected chi connectivity index (χ3v) is 6.09. The van der Waals surface area contributed by atoms with Crippen molar-refractivity contribution >= 4 is 25.8 Å². The summed E-state index contributed by atoms with van der Waals surface area (Å²) in [5, 5.41) is 0. The molecular formula is C14H20BrNO2S. The van der Waals surface area contributed by atoms with Gasteiger partial charge in [0.1, 0.15) is 0 Å². The lowest BCUT2D eigenvalue weighted by molar-refractivity contribution is 0.203. The van der Waals surface area contributed by atoms with Crippen LogP contribution >= 0.6 is 15.9 Å². The van der Waals surface area contributed by atoms with Crippen LogP contribution in [-0.4, -0.2) is 37.4 Å². The van der Waals surface area contributed by atoms with Gasteiger partial charge >= 0.3 is 0 Å². The minimum atomic E-state index is -2.81. The summed E-state index contributed by atoms with van der Waals surface area (Å²) in [6.07, 6.45) is 1.81. The third-order valence-electron chi connectivity index (χ3n) is 3.57. The van der Waals surface area contributed by atoms with Crippen molar-refractivity contribution in [1.82, 2.24) is 4.90 Å². The van der Waals surface area contributed by atoms with Crippen molar-refractivity contribution < 1.29 is 8.42 Å². The topological polar surface area (TPSA) is 37.4 Å². The molecule has 5 heteroatoms. The normalized spacial score (nSPS) is 21.9. The second-order valence-corrected chi connectivity index (χ2v) is 8.20. The van der Waals surface area contributed by atoms with Gasteiger partial charge in [-0.2, -0.15) is 0 Å². The van der Waals surface area contributed by atoms with E-state index in [0.29, 0.717) is 11.5 Å². The van der Waals surface area contributed by atoms with E-state index in [0.717, 1.165) is 30.4 Å². The first kappa shape index (κ1) is 15.0. The van der Waals surface area contributed by atoms with E-state index in [1.807, 2.05) is 18.2 Å². The Morgan fingerprint density at radius 3 is 2.68 bits per heavy atom. The van der Waals surface area contributed by atoms with Crippen LogP contribution in [0.3, 0.4) is 0 Å². The molecule has 1 fully saturated rings. The van der Waals surface area contributed by atoms with E-state index in [4.69, 9.17) is 0 Å². The zero-order chi connectivity index (χ0) is 13.9. The van der Waals surface area contributed by atoms with Crippen molar-refractivity contribution in [2.45, 2.75) is 32.4 Å². The minimum absolute atomic E-state index is 0.178. The predicted octanol–water partition coefficient (Wildman–Crippen LogP) is 2.85. The van der Waals surface area contributed by atoms with Gasteiger partial charge in [-0.25, -0.2) is 8.42 Å². The molecule has 1 aromatic carbocycles. The molecule has 19 heavy (non-hydrogen) atoms.